The molecule has 3 amide bonds. The van der Waals surface area contributed by atoms with Gasteiger partial charge in [-0.2, -0.15) is 5.10 Å². The number of carbonyl (C=O) groups is 2. The van der Waals surface area contributed by atoms with Gasteiger partial charge in [0.05, 0.1) is 5.69 Å². The maximum atomic E-state index is 13.0. The van der Waals surface area contributed by atoms with E-state index in [4.69, 9.17) is 0 Å². The minimum absolute atomic E-state index is 0.0596. The molecular weight excluding hydrogens is 342 g/mol. The van der Waals surface area contributed by atoms with Crippen molar-refractivity contribution in [1.82, 2.24) is 24.9 Å². The summed E-state index contributed by atoms with van der Waals surface area (Å²) in [6, 6.07) is 0.220. The number of aryl methyl sites for hydroxylation is 2. The largest absolute Gasteiger partial charge is 0.338 e. The van der Waals surface area contributed by atoms with Gasteiger partial charge in [-0.15, -0.1) is 0 Å². The number of urea groups is 1. The van der Waals surface area contributed by atoms with Crippen molar-refractivity contribution in [3.63, 3.8) is 0 Å². The number of carbonyl (C=O) groups excluding carboxylic acids is 2. The molecule has 0 unspecified atom stereocenters. The molecule has 2 atom stereocenters. The molecule has 3 saturated heterocycles. The van der Waals surface area contributed by atoms with E-state index in [1.807, 2.05) is 4.90 Å². The molecule has 0 radical (unpaired) electrons. The van der Waals surface area contributed by atoms with Crippen LogP contribution in [0.4, 0.5) is 4.79 Å². The van der Waals surface area contributed by atoms with Crippen LogP contribution in [0.1, 0.15) is 49.1 Å². The maximum absolute atomic E-state index is 13.0. The Morgan fingerprint density at radius 3 is 2.78 bits per heavy atom. The highest BCUT2D eigenvalue weighted by atomic mass is 16.2. The number of hydrogen-bond acceptors (Lipinski definition) is 3. The van der Waals surface area contributed by atoms with Crippen molar-refractivity contribution in [2.24, 2.45) is 5.92 Å². The predicted molar refractivity (Wildman–Crippen MR) is 102 cm³/mol. The van der Waals surface area contributed by atoms with Crippen molar-refractivity contribution >= 4 is 11.9 Å². The lowest BCUT2D eigenvalue weighted by atomic mass is 9.93. The van der Waals surface area contributed by atoms with Crippen molar-refractivity contribution in [2.75, 3.05) is 33.7 Å². The second-order valence-corrected chi connectivity index (χ2v) is 8.56. The average Bonchev–Trinajstić information content (AvgIpc) is 2.85. The lowest BCUT2D eigenvalue weighted by molar-refractivity contribution is -0.135. The minimum atomic E-state index is 0.0596. The van der Waals surface area contributed by atoms with Crippen LogP contribution in [0.25, 0.3) is 0 Å². The summed E-state index contributed by atoms with van der Waals surface area (Å²) in [4.78, 5) is 31.0. The second kappa shape index (κ2) is 7.52. The van der Waals surface area contributed by atoms with E-state index in [9.17, 15) is 9.59 Å². The third kappa shape index (κ3) is 3.69. The standard InChI is InChI=1S/C20H31N5O2/c1-23(2)20(27)24-11-14-7-8-15(13-24)25(12-14)19(26)10-9-18-16-5-3-4-6-17(16)21-22-18/h14-15H,3-13H2,1-2H3,(H,21,22)/t14-,15+/m1/s1. The first-order valence-corrected chi connectivity index (χ1v) is 10.3. The van der Waals surface area contributed by atoms with Crippen molar-refractivity contribution in [3.05, 3.63) is 17.0 Å². The number of nitrogens with zero attached hydrogens (tertiary/aromatic N) is 4. The van der Waals surface area contributed by atoms with E-state index < -0.39 is 0 Å². The molecule has 7 heteroatoms. The summed E-state index contributed by atoms with van der Waals surface area (Å²) >= 11 is 0. The van der Waals surface area contributed by atoms with Crippen LogP contribution in [0.3, 0.4) is 0 Å². The number of piperidine rings is 1. The van der Waals surface area contributed by atoms with Gasteiger partial charge in [-0.3, -0.25) is 9.89 Å². The molecule has 1 aliphatic carbocycles. The van der Waals surface area contributed by atoms with Gasteiger partial charge < -0.3 is 14.7 Å². The number of rotatable bonds is 3. The van der Waals surface area contributed by atoms with E-state index >= 15 is 0 Å². The summed E-state index contributed by atoms with van der Waals surface area (Å²) < 4.78 is 0. The lowest BCUT2D eigenvalue weighted by Crippen LogP contribution is -2.48. The van der Waals surface area contributed by atoms with Crippen LogP contribution in [0.15, 0.2) is 0 Å². The number of fused-ring (bicyclic) bond motifs is 5. The highest BCUT2D eigenvalue weighted by Gasteiger charge is 2.38. The maximum Gasteiger partial charge on any atom is 0.319 e. The Bertz CT molecular complexity index is 713. The van der Waals surface area contributed by atoms with Gasteiger partial charge in [-0.25, -0.2) is 4.79 Å². The summed E-state index contributed by atoms with van der Waals surface area (Å²) in [5.74, 6) is 0.617. The molecule has 0 spiro atoms. The Hall–Kier alpha value is -2.05. The average molecular weight is 374 g/mol. The van der Waals surface area contributed by atoms with Crippen LogP contribution in [0.2, 0.25) is 0 Å². The fourth-order valence-electron chi connectivity index (χ4n) is 4.95. The van der Waals surface area contributed by atoms with Crippen LogP contribution < -0.4 is 0 Å². The van der Waals surface area contributed by atoms with Crippen molar-refractivity contribution < 1.29 is 9.59 Å². The highest BCUT2D eigenvalue weighted by Crippen LogP contribution is 2.29. The number of nitrogens with one attached hydrogen (secondary N) is 1. The molecule has 0 aromatic carbocycles. The van der Waals surface area contributed by atoms with Gasteiger partial charge >= 0.3 is 6.03 Å². The molecule has 2 bridgehead atoms. The third-order valence-electron chi connectivity index (χ3n) is 6.40. The zero-order valence-corrected chi connectivity index (χ0v) is 16.5. The van der Waals surface area contributed by atoms with E-state index in [-0.39, 0.29) is 18.0 Å². The molecule has 1 aromatic rings. The monoisotopic (exact) mass is 373 g/mol. The van der Waals surface area contributed by atoms with Gasteiger partial charge in [-0.1, -0.05) is 0 Å². The van der Waals surface area contributed by atoms with Crippen LogP contribution in [0, 0.1) is 5.92 Å². The molecule has 148 valence electrons. The molecule has 3 fully saturated rings. The minimum Gasteiger partial charge on any atom is -0.338 e. The van der Waals surface area contributed by atoms with Gasteiger partial charge in [0.15, 0.2) is 0 Å². The summed E-state index contributed by atoms with van der Waals surface area (Å²) in [6.45, 7) is 2.22. The molecule has 7 nitrogen and oxygen atoms in total. The first kappa shape index (κ1) is 18.3. The van der Waals surface area contributed by atoms with Gasteiger partial charge in [-0.05, 0) is 50.0 Å². The normalized spacial score (nSPS) is 24.5. The lowest BCUT2D eigenvalue weighted by Gasteiger charge is -2.36. The highest BCUT2D eigenvalue weighted by molar-refractivity contribution is 5.78. The molecule has 4 aliphatic rings. The van der Waals surface area contributed by atoms with Crippen molar-refractivity contribution in [1.29, 1.82) is 0 Å². The topological polar surface area (TPSA) is 72.5 Å². The van der Waals surface area contributed by atoms with E-state index in [1.165, 1.54) is 24.1 Å². The molecule has 0 saturated carbocycles. The molecule has 27 heavy (non-hydrogen) atoms. The Morgan fingerprint density at radius 2 is 1.96 bits per heavy atom. The first-order valence-electron chi connectivity index (χ1n) is 10.3. The molecule has 4 heterocycles. The van der Waals surface area contributed by atoms with Crippen LogP contribution in [-0.2, 0) is 24.1 Å². The van der Waals surface area contributed by atoms with Crippen molar-refractivity contribution in [3.8, 4) is 0 Å². The summed E-state index contributed by atoms with van der Waals surface area (Å²) in [5, 5.41) is 7.65. The fraction of sp³-hybridized carbons (Fsp3) is 0.750. The molecule has 1 N–H and O–H groups in total. The fourth-order valence-corrected chi connectivity index (χ4v) is 4.95. The number of aromatic nitrogens is 2. The number of hydrogen-bond donors (Lipinski definition) is 1. The van der Waals surface area contributed by atoms with E-state index in [0.717, 1.165) is 50.9 Å². The number of amides is 3. The molecule has 3 aliphatic heterocycles. The Labute approximate surface area is 161 Å². The number of aromatic amines is 1. The Morgan fingerprint density at radius 1 is 1.15 bits per heavy atom. The summed E-state index contributed by atoms with van der Waals surface area (Å²) in [7, 11) is 3.59. The summed E-state index contributed by atoms with van der Waals surface area (Å²) in [6.07, 6.45) is 7.98. The van der Waals surface area contributed by atoms with E-state index in [1.54, 1.807) is 19.0 Å². The first-order chi connectivity index (χ1) is 13.0. The predicted octanol–water partition coefficient (Wildman–Crippen LogP) is 1.83. The molecule has 5 rings (SSSR count). The van der Waals surface area contributed by atoms with Gasteiger partial charge in [0.1, 0.15) is 0 Å². The molecule has 1 aromatic heterocycles. The van der Waals surface area contributed by atoms with E-state index in [2.05, 4.69) is 15.1 Å². The zero-order chi connectivity index (χ0) is 19.0. The Kier molecular flexibility index (Phi) is 5.10. The van der Waals surface area contributed by atoms with Crippen LogP contribution >= 0.6 is 0 Å². The van der Waals surface area contributed by atoms with E-state index in [0.29, 0.717) is 18.9 Å². The SMILES string of the molecule is CN(C)C(=O)N1C[C@H]2CC[C@@H](C1)N(C(=O)CCc1n[nH]c3c1CCCC3)C2. The van der Waals surface area contributed by atoms with Gasteiger partial charge in [0, 0.05) is 58.3 Å². The third-order valence-corrected chi connectivity index (χ3v) is 6.40. The van der Waals surface area contributed by atoms with Gasteiger partial charge in [0.25, 0.3) is 0 Å². The smallest absolute Gasteiger partial charge is 0.319 e. The van der Waals surface area contributed by atoms with Crippen LogP contribution in [0.5, 0.6) is 0 Å². The molecular formula is C20H31N5O2. The summed E-state index contributed by atoms with van der Waals surface area (Å²) in [5.41, 5.74) is 3.71. The quantitative estimate of drug-likeness (QED) is 0.878. The Balaban J connectivity index is 1.39. The second-order valence-electron chi connectivity index (χ2n) is 8.56. The number of H-pyrrole nitrogens is 1. The van der Waals surface area contributed by atoms with Crippen LogP contribution in [-0.4, -0.2) is 76.6 Å². The van der Waals surface area contributed by atoms with Gasteiger partial charge in [0.2, 0.25) is 5.91 Å². The zero-order valence-electron chi connectivity index (χ0n) is 16.5. The van der Waals surface area contributed by atoms with Crippen molar-refractivity contribution in [2.45, 2.75) is 57.4 Å².